The summed E-state index contributed by atoms with van der Waals surface area (Å²) >= 11 is 2.04. The van der Waals surface area contributed by atoms with E-state index in [4.69, 9.17) is 10.7 Å². The second kappa shape index (κ2) is 2.99. The number of aliphatic imine (C=N–C) groups is 1. The fraction of sp³-hybridized carbons (Fsp3) is 0.900. The van der Waals surface area contributed by atoms with Crippen molar-refractivity contribution < 1.29 is 0 Å². The Labute approximate surface area is 83.4 Å². The molecule has 1 aliphatic heterocycles. The van der Waals surface area contributed by atoms with Gasteiger partial charge in [-0.15, -0.1) is 11.8 Å². The molecule has 0 radical (unpaired) electrons. The second-order valence-corrected chi connectivity index (χ2v) is 5.80. The zero-order valence-corrected chi connectivity index (χ0v) is 8.59. The maximum Gasteiger partial charge on any atom is 0.0714 e. The van der Waals surface area contributed by atoms with Gasteiger partial charge in [-0.3, -0.25) is 4.99 Å². The molecular formula is C10H16N2S. The average molecular weight is 196 g/mol. The van der Waals surface area contributed by atoms with E-state index < -0.39 is 0 Å². The molecule has 2 nitrogen and oxygen atoms in total. The standard InChI is InChI=1S/C10H16N2S/c11-7-3-4-8-9(5-7)13-10(12-8)6-1-2-6/h6-9H,1-5,11H2. The van der Waals surface area contributed by atoms with Crippen molar-refractivity contribution >= 4 is 16.8 Å². The fourth-order valence-corrected chi connectivity index (χ4v) is 3.93. The summed E-state index contributed by atoms with van der Waals surface area (Å²) in [5.41, 5.74) is 5.96. The summed E-state index contributed by atoms with van der Waals surface area (Å²) in [6, 6.07) is 1.07. The molecule has 2 saturated carbocycles. The molecule has 2 aliphatic carbocycles. The van der Waals surface area contributed by atoms with Crippen molar-refractivity contribution in [2.45, 2.75) is 49.4 Å². The molecular weight excluding hydrogens is 180 g/mol. The fourth-order valence-electron chi connectivity index (χ4n) is 2.30. The Bertz CT molecular complexity index is 247. The highest BCUT2D eigenvalue weighted by molar-refractivity contribution is 8.14. The van der Waals surface area contributed by atoms with Gasteiger partial charge in [0.25, 0.3) is 0 Å². The first kappa shape index (κ1) is 8.30. The molecule has 0 aromatic heterocycles. The van der Waals surface area contributed by atoms with Gasteiger partial charge in [-0.25, -0.2) is 0 Å². The van der Waals surface area contributed by atoms with Crippen molar-refractivity contribution in [2.24, 2.45) is 16.6 Å². The van der Waals surface area contributed by atoms with Crippen molar-refractivity contribution in [1.82, 2.24) is 0 Å². The Morgan fingerprint density at radius 3 is 2.85 bits per heavy atom. The van der Waals surface area contributed by atoms with Gasteiger partial charge in [0.15, 0.2) is 0 Å². The lowest BCUT2D eigenvalue weighted by atomic mass is 9.92. The van der Waals surface area contributed by atoms with E-state index in [1.165, 1.54) is 37.1 Å². The summed E-state index contributed by atoms with van der Waals surface area (Å²) in [5, 5.41) is 2.20. The van der Waals surface area contributed by atoms with Crippen LogP contribution < -0.4 is 5.73 Å². The summed E-state index contributed by atoms with van der Waals surface area (Å²) in [4.78, 5) is 4.83. The molecule has 13 heavy (non-hydrogen) atoms. The number of fused-ring (bicyclic) bond motifs is 1. The van der Waals surface area contributed by atoms with Gasteiger partial charge in [-0.2, -0.15) is 0 Å². The van der Waals surface area contributed by atoms with Crippen LogP contribution in [0.4, 0.5) is 0 Å². The Morgan fingerprint density at radius 1 is 1.23 bits per heavy atom. The van der Waals surface area contributed by atoms with Gasteiger partial charge in [-0.05, 0) is 32.1 Å². The summed E-state index contributed by atoms with van der Waals surface area (Å²) in [6.45, 7) is 0. The van der Waals surface area contributed by atoms with Crippen LogP contribution in [0.5, 0.6) is 0 Å². The molecule has 2 fully saturated rings. The van der Waals surface area contributed by atoms with Crippen LogP contribution in [-0.4, -0.2) is 22.4 Å². The SMILES string of the molecule is NC1CCC2N=C(C3CC3)SC2C1. The van der Waals surface area contributed by atoms with Crippen LogP contribution in [0, 0.1) is 5.92 Å². The minimum Gasteiger partial charge on any atom is -0.328 e. The van der Waals surface area contributed by atoms with Crippen LogP contribution in [0.15, 0.2) is 4.99 Å². The zero-order valence-electron chi connectivity index (χ0n) is 7.78. The van der Waals surface area contributed by atoms with E-state index in [0.29, 0.717) is 12.1 Å². The predicted octanol–water partition coefficient (Wildman–Crippen LogP) is 1.79. The van der Waals surface area contributed by atoms with Gasteiger partial charge in [0.05, 0.1) is 11.1 Å². The van der Waals surface area contributed by atoms with Gasteiger partial charge in [0.1, 0.15) is 0 Å². The molecule has 3 rings (SSSR count). The predicted molar refractivity (Wildman–Crippen MR) is 57.2 cm³/mol. The number of nitrogens with two attached hydrogens (primary N) is 1. The minimum atomic E-state index is 0.447. The van der Waals surface area contributed by atoms with E-state index >= 15 is 0 Å². The maximum absolute atomic E-state index is 5.96. The van der Waals surface area contributed by atoms with Crippen LogP contribution in [-0.2, 0) is 0 Å². The van der Waals surface area contributed by atoms with Crippen molar-refractivity contribution in [3.8, 4) is 0 Å². The second-order valence-electron chi connectivity index (χ2n) is 4.54. The van der Waals surface area contributed by atoms with Gasteiger partial charge in [-0.1, -0.05) is 0 Å². The van der Waals surface area contributed by atoms with Gasteiger partial charge in [0, 0.05) is 17.2 Å². The molecule has 1 heterocycles. The highest BCUT2D eigenvalue weighted by Gasteiger charge is 2.39. The molecule has 0 amide bonds. The minimum absolute atomic E-state index is 0.447. The van der Waals surface area contributed by atoms with Crippen molar-refractivity contribution in [2.75, 3.05) is 0 Å². The Balaban J connectivity index is 1.71. The van der Waals surface area contributed by atoms with Crippen molar-refractivity contribution in [1.29, 1.82) is 0 Å². The molecule has 0 spiro atoms. The number of nitrogens with zero attached hydrogens (tertiary/aromatic N) is 1. The van der Waals surface area contributed by atoms with Crippen LogP contribution in [0.25, 0.3) is 0 Å². The Kier molecular flexibility index (Phi) is 1.91. The number of thioether (sulfide) groups is 1. The molecule has 3 unspecified atom stereocenters. The normalized spacial score (nSPS) is 44.4. The first-order valence-electron chi connectivity index (χ1n) is 5.33. The number of hydrogen-bond acceptors (Lipinski definition) is 3. The average Bonchev–Trinajstić information content (AvgIpc) is 2.87. The van der Waals surface area contributed by atoms with Crippen LogP contribution in [0.3, 0.4) is 0 Å². The van der Waals surface area contributed by atoms with Crippen molar-refractivity contribution in [3.63, 3.8) is 0 Å². The van der Waals surface area contributed by atoms with E-state index in [1.807, 2.05) is 11.8 Å². The smallest absolute Gasteiger partial charge is 0.0714 e. The molecule has 2 N–H and O–H groups in total. The first-order chi connectivity index (χ1) is 6.33. The van der Waals surface area contributed by atoms with Gasteiger partial charge in [0.2, 0.25) is 0 Å². The summed E-state index contributed by atoms with van der Waals surface area (Å²) in [5.74, 6) is 0.854. The third-order valence-corrected chi connectivity index (χ3v) is 4.78. The Morgan fingerprint density at radius 2 is 2.08 bits per heavy atom. The van der Waals surface area contributed by atoms with Gasteiger partial charge >= 0.3 is 0 Å². The van der Waals surface area contributed by atoms with E-state index in [-0.39, 0.29) is 0 Å². The lowest BCUT2D eigenvalue weighted by Gasteiger charge is -2.27. The van der Waals surface area contributed by atoms with Gasteiger partial charge < -0.3 is 5.73 Å². The quantitative estimate of drug-likeness (QED) is 0.694. The highest BCUT2D eigenvalue weighted by Crippen LogP contribution is 2.44. The van der Waals surface area contributed by atoms with Crippen molar-refractivity contribution in [3.05, 3.63) is 0 Å². The molecule has 3 atom stereocenters. The summed E-state index contributed by atoms with van der Waals surface area (Å²) in [6.07, 6.45) is 6.38. The monoisotopic (exact) mass is 196 g/mol. The topological polar surface area (TPSA) is 38.4 Å². The van der Waals surface area contributed by atoms with E-state index in [9.17, 15) is 0 Å². The zero-order chi connectivity index (χ0) is 8.84. The molecule has 3 aliphatic rings. The van der Waals surface area contributed by atoms with E-state index in [2.05, 4.69) is 0 Å². The number of rotatable bonds is 1. The van der Waals surface area contributed by atoms with Crippen LogP contribution >= 0.6 is 11.8 Å². The lowest BCUT2D eigenvalue weighted by Crippen LogP contribution is -2.35. The molecule has 0 saturated heterocycles. The first-order valence-corrected chi connectivity index (χ1v) is 6.21. The van der Waals surface area contributed by atoms with E-state index in [1.54, 1.807) is 0 Å². The third-order valence-electron chi connectivity index (χ3n) is 3.29. The molecule has 3 heteroatoms. The molecule has 0 aromatic carbocycles. The van der Waals surface area contributed by atoms with E-state index in [0.717, 1.165) is 11.2 Å². The largest absolute Gasteiger partial charge is 0.328 e. The highest BCUT2D eigenvalue weighted by atomic mass is 32.2. The lowest BCUT2D eigenvalue weighted by molar-refractivity contribution is 0.411. The van der Waals surface area contributed by atoms with Crippen LogP contribution in [0.2, 0.25) is 0 Å². The summed E-state index contributed by atoms with van der Waals surface area (Å²) in [7, 11) is 0. The van der Waals surface area contributed by atoms with Crippen LogP contribution in [0.1, 0.15) is 32.1 Å². The third kappa shape index (κ3) is 1.52. The molecule has 0 bridgehead atoms. The Hall–Kier alpha value is -0.0200. The maximum atomic E-state index is 5.96. The number of hydrogen-bond donors (Lipinski definition) is 1. The molecule has 72 valence electrons. The summed E-state index contributed by atoms with van der Waals surface area (Å²) < 4.78 is 0. The molecule has 0 aromatic rings.